The summed E-state index contributed by atoms with van der Waals surface area (Å²) in [5, 5.41) is 2.60. The number of methoxy groups -OCH3 is 2. The SMILES string of the molecule is COc1ccc(OC)c(C(N)c2sccc2Cl)c1. The fraction of sp³-hybridized carbons (Fsp3) is 0.231. The summed E-state index contributed by atoms with van der Waals surface area (Å²) in [7, 11) is 3.24. The molecule has 2 aromatic rings. The van der Waals surface area contributed by atoms with Crippen LogP contribution in [0.15, 0.2) is 29.6 Å². The minimum Gasteiger partial charge on any atom is -0.497 e. The molecule has 2 rings (SSSR count). The van der Waals surface area contributed by atoms with Crippen molar-refractivity contribution in [2.45, 2.75) is 6.04 Å². The van der Waals surface area contributed by atoms with E-state index in [4.69, 9.17) is 26.8 Å². The maximum atomic E-state index is 6.25. The lowest BCUT2D eigenvalue weighted by Gasteiger charge is -2.16. The molecule has 1 atom stereocenters. The number of hydrogen-bond donors (Lipinski definition) is 1. The number of nitrogens with two attached hydrogens (primary N) is 1. The van der Waals surface area contributed by atoms with Gasteiger partial charge in [-0.3, -0.25) is 0 Å². The lowest BCUT2D eigenvalue weighted by molar-refractivity contribution is 0.397. The number of ether oxygens (including phenoxy) is 2. The Bertz CT molecular complexity index is 542. The summed E-state index contributed by atoms with van der Waals surface area (Å²) >= 11 is 7.64. The molecule has 1 heterocycles. The monoisotopic (exact) mass is 283 g/mol. The first-order chi connectivity index (χ1) is 8.67. The molecule has 96 valence electrons. The smallest absolute Gasteiger partial charge is 0.124 e. The van der Waals surface area contributed by atoms with Gasteiger partial charge in [0.15, 0.2) is 0 Å². The Morgan fingerprint density at radius 1 is 1.22 bits per heavy atom. The highest BCUT2D eigenvalue weighted by molar-refractivity contribution is 7.10. The van der Waals surface area contributed by atoms with E-state index in [1.54, 1.807) is 14.2 Å². The van der Waals surface area contributed by atoms with E-state index in [9.17, 15) is 0 Å². The molecular weight excluding hydrogens is 270 g/mol. The van der Waals surface area contributed by atoms with Crippen molar-refractivity contribution in [3.8, 4) is 11.5 Å². The summed E-state index contributed by atoms with van der Waals surface area (Å²) in [6.07, 6.45) is 0. The van der Waals surface area contributed by atoms with Gasteiger partial charge in [0.1, 0.15) is 11.5 Å². The fourth-order valence-electron chi connectivity index (χ4n) is 1.75. The first-order valence-corrected chi connectivity index (χ1v) is 6.63. The summed E-state index contributed by atoms with van der Waals surface area (Å²) in [5.74, 6) is 1.47. The van der Waals surface area contributed by atoms with Crippen LogP contribution in [0.5, 0.6) is 11.5 Å². The van der Waals surface area contributed by atoms with Gasteiger partial charge in [-0.05, 0) is 29.6 Å². The third kappa shape index (κ3) is 2.46. The van der Waals surface area contributed by atoms with Crippen LogP contribution in [-0.4, -0.2) is 14.2 Å². The van der Waals surface area contributed by atoms with Gasteiger partial charge in [0, 0.05) is 10.4 Å². The third-order valence-corrected chi connectivity index (χ3v) is 4.14. The van der Waals surface area contributed by atoms with Crippen molar-refractivity contribution in [2.75, 3.05) is 14.2 Å². The molecule has 0 spiro atoms. The lowest BCUT2D eigenvalue weighted by Crippen LogP contribution is -2.12. The van der Waals surface area contributed by atoms with Crippen LogP contribution >= 0.6 is 22.9 Å². The van der Waals surface area contributed by atoms with Gasteiger partial charge in [-0.2, -0.15) is 0 Å². The van der Waals surface area contributed by atoms with Crippen molar-refractivity contribution in [1.82, 2.24) is 0 Å². The molecule has 5 heteroatoms. The number of thiophene rings is 1. The maximum Gasteiger partial charge on any atom is 0.124 e. The standard InChI is InChI=1S/C13H14ClNO2S/c1-16-8-3-4-11(17-2)9(7-8)12(15)13-10(14)5-6-18-13/h3-7,12H,15H2,1-2H3. The van der Waals surface area contributed by atoms with Crippen molar-refractivity contribution < 1.29 is 9.47 Å². The second-order valence-electron chi connectivity index (χ2n) is 3.72. The molecule has 0 saturated carbocycles. The van der Waals surface area contributed by atoms with Crippen LogP contribution in [0.25, 0.3) is 0 Å². The fourth-order valence-corrected chi connectivity index (χ4v) is 2.94. The van der Waals surface area contributed by atoms with Crippen LogP contribution in [0.1, 0.15) is 16.5 Å². The zero-order chi connectivity index (χ0) is 13.1. The number of benzene rings is 1. The van der Waals surface area contributed by atoms with Gasteiger partial charge in [-0.25, -0.2) is 0 Å². The normalized spacial score (nSPS) is 12.2. The first-order valence-electron chi connectivity index (χ1n) is 5.37. The average Bonchev–Trinajstić information content (AvgIpc) is 2.83. The van der Waals surface area contributed by atoms with Crippen molar-refractivity contribution >= 4 is 22.9 Å². The molecule has 3 nitrogen and oxygen atoms in total. The third-order valence-electron chi connectivity index (χ3n) is 2.70. The van der Waals surface area contributed by atoms with Gasteiger partial charge in [0.05, 0.1) is 25.3 Å². The maximum absolute atomic E-state index is 6.25. The minimum atomic E-state index is -0.317. The van der Waals surface area contributed by atoms with Crippen molar-refractivity contribution in [1.29, 1.82) is 0 Å². The summed E-state index contributed by atoms with van der Waals surface area (Å²) in [6.45, 7) is 0. The van der Waals surface area contributed by atoms with E-state index in [1.165, 1.54) is 11.3 Å². The van der Waals surface area contributed by atoms with Crippen LogP contribution in [0.2, 0.25) is 5.02 Å². The van der Waals surface area contributed by atoms with Crippen LogP contribution in [0.3, 0.4) is 0 Å². The molecule has 1 aromatic carbocycles. The Morgan fingerprint density at radius 3 is 2.56 bits per heavy atom. The van der Waals surface area contributed by atoms with E-state index >= 15 is 0 Å². The van der Waals surface area contributed by atoms with E-state index in [1.807, 2.05) is 29.6 Å². The molecule has 0 fully saturated rings. The first kappa shape index (κ1) is 13.2. The topological polar surface area (TPSA) is 44.5 Å². The lowest BCUT2D eigenvalue weighted by atomic mass is 10.0. The number of halogens is 1. The average molecular weight is 284 g/mol. The minimum absolute atomic E-state index is 0.317. The molecule has 18 heavy (non-hydrogen) atoms. The van der Waals surface area contributed by atoms with Crippen molar-refractivity contribution in [3.63, 3.8) is 0 Å². The predicted octanol–water partition coefficient (Wildman–Crippen LogP) is 3.47. The second-order valence-corrected chi connectivity index (χ2v) is 5.07. The Labute approximate surface area is 115 Å². The van der Waals surface area contributed by atoms with Gasteiger partial charge in [0.2, 0.25) is 0 Å². The van der Waals surface area contributed by atoms with Gasteiger partial charge in [-0.15, -0.1) is 11.3 Å². The molecule has 0 aliphatic carbocycles. The zero-order valence-corrected chi connectivity index (χ0v) is 11.7. The summed E-state index contributed by atoms with van der Waals surface area (Å²) in [6, 6.07) is 7.08. The number of hydrogen-bond acceptors (Lipinski definition) is 4. The molecule has 0 aliphatic rings. The van der Waals surface area contributed by atoms with Crippen LogP contribution < -0.4 is 15.2 Å². The summed E-state index contributed by atoms with van der Waals surface area (Å²) in [4.78, 5) is 0.920. The van der Waals surface area contributed by atoms with E-state index in [2.05, 4.69) is 0 Å². The highest BCUT2D eigenvalue weighted by atomic mass is 35.5. The Balaban J connectivity index is 2.45. The Morgan fingerprint density at radius 2 is 2.00 bits per heavy atom. The largest absolute Gasteiger partial charge is 0.497 e. The molecule has 1 unspecified atom stereocenters. The van der Waals surface area contributed by atoms with Crippen LogP contribution in [0, 0.1) is 0 Å². The van der Waals surface area contributed by atoms with E-state index in [-0.39, 0.29) is 6.04 Å². The van der Waals surface area contributed by atoms with E-state index in [0.29, 0.717) is 5.02 Å². The highest BCUT2D eigenvalue weighted by Gasteiger charge is 2.18. The molecule has 0 bridgehead atoms. The highest BCUT2D eigenvalue weighted by Crippen LogP contribution is 2.36. The molecule has 0 radical (unpaired) electrons. The van der Waals surface area contributed by atoms with Crippen molar-refractivity contribution in [2.24, 2.45) is 5.73 Å². The second kappa shape index (κ2) is 5.61. The summed E-state index contributed by atoms with van der Waals surface area (Å²) in [5.41, 5.74) is 7.11. The molecule has 1 aromatic heterocycles. The van der Waals surface area contributed by atoms with Gasteiger partial charge < -0.3 is 15.2 Å². The molecule has 0 amide bonds. The van der Waals surface area contributed by atoms with E-state index in [0.717, 1.165) is 21.9 Å². The Hall–Kier alpha value is -1.23. The molecule has 2 N–H and O–H groups in total. The van der Waals surface area contributed by atoms with Gasteiger partial charge in [-0.1, -0.05) is 11.6 Å². The van der Waals surface area contributed by atoms with Gasteiger partial charge in [0.25, 0.3) is 0 Å². The van der Waals surface area contributed by atoms with Crippen LogP contribution in [-0.2, 0) is 0 Å². The molecule has 0 aliphatic heterocycles. The summed E-state index contributed by atoms with van der Waals surface area (Å²) < 4.78 is 10.5. The van der Waals surface area contributed by atoms with Crippen LogP contribution in [0.4, 0.5) is 0 Å². The quantitative estimate of drug-likeness (QED) is 0.934. The van der Waals surface area contributed by atoms with Crippen molar-refractivity contribution in [3.05, 3.63) is 45.1 Å². The predicted molar refractivity (Wildman–Crippen MR) is 74.9 cm³/mol. The van der Waals surface area contributed by atoms with E-state index < -0.39 is 0 Å². The van der Waals surface area contributed by atoms with Gasteiger partial charge >= 0.3 is 0 Å². The zero-order valence-electron chi connectivity index (χ0n) is 10.1. The molecule has 0 saturated heterocycles. The molecular formula is C13H14ClNO2S. The Kier molecular flexibility index (Phi) is 4.11. The number of rotatable bonds is 4.